The van der Waals surface area contributed by atoms with E-state index in [4.69, 9.17) is 0 Å². The number of nitrogens with zero attached hydrogens (tertiary/aromatic N) is 1. The van der Waals surface area contributed by atoms with Crippen molar-refractivity contribution in [1.29, 1.82) is 0 Å². The van der Waals surface area contributed by atoms with Gasteiger partial charge in [0.25, 0.3) is 5.69 Å². The normalized spacial score (nSPS) is 19.8. The molecule has 0 aromatic heterocycles. The number of nitro benzene ring substituents is 1. The highest BCUT2D eigenvalue weighted by Crippen LogP contribution is 2.50. The van der Waals surface area contributed by atoms with E-state index in [2.05, 4.69) is 43.4 Å². The number of carbonyl (C=O) groups is 1. The van der Waals surface area contributed by atoms with Gasteiger partial charge in [-0.15, -0.1) is 0 Å². The quantitative estimate of drug-likeness (QED) is 0.428. The maximum atomic E-state index is 13.3. The summed E-state index contributed by atoms with van der Waals surface area (Å²) in [6, 6.07) is 19.0. The van der Waals surface area contributed by atoms with Crippen LogP contribution in [0.5, 0.6) is 0 Å². The van der Waals surface area contributed by atoms with Crippen LogP contribution in [-0.4, -0.2) is 10.7 Å². The molecule has 1 aliphatic heterocycles. The lowest BCUT2D eigenvalue weighted by Crippen LogP contribution is -2.33. The van der Waals surface area contributed by atoms with Crippen molar-refractivity contribution in [2.45, 2.75) is 32.6 Å². The highest BCUT2D eigenvalue weighted by molar-refractivity contribution is 6.04. The molecule has 0 unspecified atom stereocenters. The van der Waals surface area contributed by atoms with Crippen LogP contribution in [0, 0.1) is 15.5 Å². The molecule has 0 saturated carbocycles. The van der Waals surface area contributed by atoms with Crippen LogP contribution in [0.25, 0.3) is 10.8 Å². The lowest BCUT2D eigenvalue weighted by molar-refractivity contribution is -0.384. The predicted molar refractivity (Wildman–Crippen MR) is 118 cm³/mol. The van der Waals surface area contributed by atoms with Crippen molar-refractivity contribution in [3.05, 3.63) is 93.2 Å². The third-order valence-electron chi connectivity index (χ3n) is 6.19. The van der Waals surface area contributed by atoms with E-state index in [9.17, 15) is 14.9 Å². The smallest absolute Gasteiger partial charge is 0.269 e. The Bertz CT molecular complexity index is 1240. The zero-order valence-electron chi connectivity index (χ0n) is 16.9. The molecule has 0 radical (unpaired) electrons. The van der Waals surface area contributed by atoms with E-state index in [0.29, 0.717) is 6.42 Å². The number of fused-ring (bicyclic) bond motifs is 3. The number of hydrogen-bond acceptors (Lipinski definition) is 4. The molecular formula is C25H22N2O3. The van der Waals surface area contributed by atoms with Gasteiger partial charge in [0.15, 0.2) is 5.78 Å². The molecular weight excluding hydrogens is 376 g/mol. The minimum atomic E-state index is -0.394. The fourth-order valence-corrected chi connectivity index (χ4v) is 4.93. The van der Waals surface area contributed by atoms with Crippen molar-refractivity contribution in [2.75, 3.05) is 5.32 Å². The summed E-state index contributed by atoms with van der Waals surface area (Å²) in [6.07, 6.45) is 1.29. The molecule has 30 heavy (non-hydrogen) atoms. The molecule has 1 atom stereocenters. The van der Waals surface area contributed by atoms with E-state index in [0.717, 1.165) is 45.3 Å². The van der Waals surface area contributed by atoms with E-state index in [-0.39, 0.29) is 22.8 Å². The van der Waals surface area contributed by atoms with Gasteiger partial charge in [0.1, 0.15) is 0 Å². The number of carbonyl (C=O) groups excluding carboxylic acids is 1. The summed E-state index contributed by atoms with van der Waals surface area (Å²) in [4.78, 5) is 24.1. The number of rotatable bonds is 2. The summed E-state index contributed by atoms with van der Waals surface area (Å²) < 4.78 is 0. The summed E-state index contributed by atoms with van der Waals surface area (Å²) in [5.41, 5.74) is 4.69. The number of anilines is 1. The summed E-state index contributed by atoms with van der Waals surface area (Å²) in [5, 5.41) is 16.9. The van der Waals surface area contributed by atoms with Gasteiger partial charge in [-0.25, -0.2) is 0 Å². The van der Waals surface area contributed by atoms with Crippen LogP contribution >= 0.6 is 0 Å². The average Bonchev–Trinajstić information content (AvgIpc) is 2.71. The largest absolute Gasteiger partial charge is 0.358 e. The summed E-state index contributed by atoms with van der Waals surface area (Å²) >= 11 is 0. The van der Waals surface area contributed by atoms with Gasteiger partial charge in [0, 0.05) is 41.4 Å². The average molecular weight is 398 g/mol. The molecule has 0 saturated heterocycles. The van der Waals surface area contributed by atoms with Gasteiger partial charge >= 0.3 is 0 Å². The van der Waals surface area contributed by atoms with Crippen molar-refractivity contribution >= 4 is 27.9 Å². The van der Waals surface area contributed by atoms with Gasteiger partial charge in [-0.2, -0.15) is 0 Å². The number of hydrogen-bond donors (Lipinski definition) is 1. The highest BCUT2D eigenvalue weighted by atomic mass is 16.6. The van der Waals surface area contributed by atoms with Gasteiger partial charge in [-0.1, -0.05) is 56.3 Å². The molecule has 1 heterocycles. The Morgan fingerprint density at radius 3 is 2.47 bits per heavy atom. The molecule has 0 fully saturated rings. The Labute approximate surface area is 174 Å². The monoisotopic (exact) mass is 398 g/mol. The summed E-state index contributed by atoms with van der Waals surface area (Å²) in [7, 11) is 0. The molecule has 5 heteroatoms. The number of nitrogens with one attached hydrogen (secondary N) is 1. The number of non-ortho nitro benzene ring substituents is 1. The first-order valence-electron chi connectivity index (χ1n) is 10.1. The van der Waals surface area contributed by atoms with Gasteiger partial charge in [-0.3, -0.25) is 14.9 Å². The van der Waals surface area contributed by atoms with Crippen molar-refractivity contribution < 1.29 is 9.72 Å². The van der Waals surface area contributed by atoms with Crippen LogP contribution in [-0.2, 0) is 4.79 Å². The van der Waals surface area contributed by atoms with E-state index < -0.39 is 4.92 Å². The molecule has 150 valence electrons. The van der Waals surface area contributed by atoms with E-state index in [1.54, 1.807) is 12.1 Å². The zero-order chi connectivity index (χ0) is 21.0. The van der Waals surface area contributed by atoms with Gasteiger partial charge < -0.3 is 5.32 Å². The molecule has 3 aromatic rings. The van der Waals surface area contributed by atoms with Crippen molar-refractivity contribution in [3.63, 3.8) is 0 Å². The number of ketones is 1. The second-order valence-electron chi connectivity index (χ2n) is 8.99. The summed E-state index contributed by atoms with van der Waals surface area (Å²) in [5.74, 6) is -0.0950. The fraction of sp³-hybridized carbons (Fsp3) is 0.240. The fourth-order valence-electron chi connectivity index (χ4n) is 4.93. The molecule has 0 amide bonds. The van der Waals surface area contributed by atoms with E-state index in [1.807, 2.05) is 12.1 Å². The number of Topliss-reactive ketones (excluding diaryl/α,β-unsaturated/α-hetero) is 1. The molecule has 0 bridgehead atoms. The van der Waals surface area contributed by atoms with Gasteiger partial charge in [0.05, 0.1) is 4.92 Å². The van der Waals surface area contributed by atoms with Crippen LogP contribution in [0.15, 0.2) is 71.9 Å². The lowest BCUT2D eigenvalue weighted by atomic mass is 9.68. The second kappa shape index (κ2) is 6.52. The standard InChI is InChI=1S/C25H22N2O3/c1-25(2)13-20-24(21(28)14-25)22(16-7-10-17(11-8-16)27(29)30)23-18-6-4-3-5-15(18)9-12-19(23)26-20/h3-12,22,26H,13-14H2,1-2H3/t22-/m1/s1. The molecule has 5 rings (SSSR count). The van der Waals surface area contributed by atoms with E-state index in [1.165, 1.54) is 12.1 Å². The van der Waals surface area contributed by atoms with Crippen LogP contribution < -0.4 is 5.32 Å². The number of nitro groups is 1. The Balaban J connectivity index is 1.78. The van der Waals surface area contributed by atoms with Crippen molar-refractivity contribution in [3.8, 4) is 0 Å². The predicted octanol–water partition coefficient (Wildman–Crippen LogP) is 5.95. The second-order valence-corrected chi connectivity index (χ2v) is 8.99. The Morgan fingerprint density at radius 2 is 1.73 bits per heavy atom. The first-order valence-corrected chi connectivity index (χ1v) is 10.1. The Hall–Kier alpha value is -3.47. The molecule has 3 aromatic carbocycles. The maximum Gasteiger partial charge on any atom is 0.269 e. The first-order chi connectivity index (χ1) is 14.3. The minimum absolute atomic E-state index is 0.0520. The molecule has 5 nitrogen and oxygen atoms in total. The first kappa shape index (κ1) is 18.6. The Kier molecular flexibility index (Phi) is 4.03. The highest BCUT2D eigenvalue weighted by Gasteiger charge is 2.41. The SMILES string of the molecule is CC1(C)CC(=O)C2=C(C1)Nc1ccc3ccccc3c1[C@H]2c1ccc([N+](=O)[O-])cc1. The third-order valence-corrected chi connectivity index (χ3v) is 6.19. The number of benzene rings is 3. The summed E-state index contributed by atoms with van der Waals surface area (Å²) in [6.45, 7) is 4.24. The van der Waals surface area contributed by atoms with Gasteiger partial charge in [0.2, 0.25) is 0 Å². The number of allylic oxidation sites excluding steroid dienone is 2. The van der Waals surface area contributed by atoms with Crippen LogP contribution in [0.2, 0.25) is 0 Å². The third kappa shape index (κ3) is 2.89. The van der Waals surface area contributed by atoms with Crippen LogP contribution in [0.3, 0.4) is 0 Å². The van der Waals surface area contributed by atoms with Gasteiger partial charge in [-0.05, 0) is 39.8 Å². The molecule has 1 aliphatic carbocycles. The lowest BCUT2D eigenvalue weighted by Gasteiger charge is -2.40. The van der Waals surface area contributed by atoms with Crippen molar-refractivity contribution in [2.24, 2.45) is 5.41 Å². The topological polar surface area (TPSA) is 72.2 Å². The molecule has 1 N–H and O–H groups in total. The van der Waals surface area contributed by atoms with Crippen LogP contribution in [0.4, 0.5) is 11.4 Å². The Morgan fingerprint density at radius 1 is 1.00 bits per heavy atom. The van der Waals surface area contributed by atoms with E-state index >= 15 is 0 Å². The van der Waals surface area contributed by atoms with Crippen molar-refractivity contribution in [1.82, 2.24) is 0 Å². The maximum absolute atomic E-state index is 13.3. The van der Waals surface area contributed by atoms with Crippen LogP contribution in [0.1, 0.15) is 43.7 Å². The zero-order valence-corrected chi connectivity index (χ0v) is 16.9. The molecule has 2 aliphatic rings. The minimum Gasteiger partial charge on any atom is -0.358 e. The molecule has 0 spiro atoms.